The molecule has 1 aliphatic carbocycles. The van der Waals surface area contributed by atoms with Crippen molar-refractivity contribution in [3.8, 4) is 0 Å². The molecule has 0 radical (unpaired) electrons. The Balaban J connectivity index is 2.30. The van der Waals surface area contributed by atoms with Gasteiger partial charge in [0.05, 0.1) is 0 Å². The Labute approximate surface area is 75.8 Å². The normalized spacial score (nSPS) is 18.5. The van der Waals surface area contributed by atoms with Gasteiger partial charge < -0.3 is 4.74 Å². The maximum absolute atomic E-state index is 10.6. The highest BCUT2D eigenvalue weighted by atomic mass is 32.2. The lowest BCUT2D eigenvalue weighted by molar-refractivity contribution is -0.147. The quantitative estimate of drug-likeness (QED) is 0.627. The Kier molecular flexibility index (Phi) is 2.77. The van der Waals surface area contributed by atoms with Gasteiger partial charge >= 0.3 is 5.97 Å². The molecule has 0 aromatic carbocycles. The second-order valence-corrected chi connectivity index (χ2v) is 4.21. The summed E-state index contributed by atoms with van der Waals surface area (Å²) in [5, 5.41) is 0.0772. The summed E-state index contributed by atoms with van der Waals surface area (Å²) in [5.41, 5.74) is -0.303. The van der Waals surface area contributed by atoms with Crippen LogP contribution in [0.25, 0.3) is 0 Å². The number of thioether (sulfide) groups is 1. The predicted molar refractivity (Wildman–Crippen MR) is 46.9 cm³/mol. The van der Waals surface area contributed by atoms with Gasteiger partial charge in [0.15, 0.2) is 5.12 Å². The first-order valence-electron chi connectivity index (χ1n) is 3.87. The van der Waals surface area contributed by atoms with Crippen LogP contribution in [-0.4, -0.2) is 22.4 Å². The molecule has 0 saturated heterocycles. The van der Waals surface area contributed by atoms with Gasteiger partial charge in [0, 0.05) is 19.6 Å². The lowest BCUT2D eigenvalue weighted by Crippen LogP contribution is -2.20. The van der Waals surface area contributed by atoms with Gasteiger partial charge in [-0.1, -0.05) is 11.8 Å². The van der Waals surface area contributed by atoms with E-state index in [0.29, 0.717) is 5.75 Å². The smallest absolute Gasteiger partial charge is 0.303 e. The number of rotatable bonds is 3. The fraction of sp³-hybridized carbons (Fsp3) is 0.750. The molecule has 0 amide bonds. The van der Waals surface area contributed by atoms with E-state index in [1.54, 1.807) is 0 Å². The molecule has 0 spiro atoms. The molecule has 1 fully saturated rings. The zero-order chi connectivity index (χ0) is 9.19. The minimum absolute atomic E-state index is 0.0772. The van der Waals surface area contributed by atoms with Crippen LogP contribution in [0.4, 0.5) is 0 Å². The van der Waals surface area contributed by atoms with Crippen molar-refractivity contribution in [2.45, 2.75) is 32.3 Å². The van der Waals surface area contributed by atoms with Crippen LogP contribution < -0.4 is 0 Å². The molecule has 0 unspecified atom stereocenters. The van der Waals surface area contributed by atoms with Gasteiger partial charge in [-0.25, -0.2) is 0 Å². The van der Waals surface area contributed by atoms with Crippen molar-refractivity contribution in [3.63, 3.8) is 0 Å². The van der Waals surface area contributed by atoms with Crippen LogP contribution in [0, 0.1) is 0 Å². The second kappa shape index (κ2) is 3.47. The summed E-state index contributed by atoms with van der Waals surface area (Å²) < 4.78 is 5.09. The fourth-order valence-corrected chi connectivity index (χ4v) is 1.77. The third-order valence-corrected chi connectivity index (χ3v) is 2.78. The van der Waals surface area contributed by atoms with E-state index in [-0.39, 0.29) is 16.7 Å². The highest BCUT2D eigenvalue weighted by Gasteiger charge is 2.46. The highest BCUT2D eigenvalue weighted by Crippen LogP contribution is 2.42. The van der Waals surface area contributed by atoms with E-state index in [4.69, 9.17) is 4.74 Å². The van der Waals surface area contributed by atoms with Gasteiger partial charge in [0.25, 0.3) is 0 Å². The van der Waals surface area contributed by atoms with E-state index < -0.39 is 0 Å². The van der Waals surface area contributed by atoms with Gasteiger partial charge in [-0.2, -0.15) is 0 Å². The zero-order valence-corrected chi connectivity index (χ0v) is 8.07. The third-order valence-electron chi connectivity index (χ3n) is 1.71. The first-order chi connectivity index (χ1) is 5.54. The number of hydrogen-bond acceptors (Lipinski definition) is 4. The fourth-order valence-electron chi connectivity index (χ4n) is 0.953. The van der Waals surface area contributed by atoms with Gasteiger partial charge in [-0.3, -0.25) is 9.59 Å². The average Bonchev–Trinajstić information content (AvgIpc) is 2.64. The molecule has 12 heavy (non-hydrogen) atoms. The Morgan fingerprint density at radius 2 is 2.00 bits per heavy atom. The number of hydrogen-bond donors (Lipinski definition) is 0. The summed E-state index contributed by atoms with van der Waals surface area (Å²) in [4.78, 5) is 21.3. The first-order valence-corrected chi connectivity index (χ1v) is 4.86. The van der Waals surface area contributed by atoms with Crippen molar-refractivity contribution in [2.24, 2.45) is 0 Å². The van der Waals surface area contributed by atoms with E-state index in [9.17, 15) is 9.59 Å². The minimum atomic E-state index is -0.303. The number of carbonyl (C=O) groups excluding carboxylic acids is 2. The van der Waals surface area contributed by atoms with Crippen molar-refractivity contribution in [1.82, 2.24) is 0 Å². The van der Waals surface area contributed by atoms with Gasteiger partial charge in [-0.15, -0.1) is 0 Å². The molecule has 0 bridgehead atoms. The van der Waals surface area contributed by atoms with Crippen LogP contribution in [0.15, 0.2) is 0 Å². The lowest BCUT2D eigenvalue weighted by Gasteiger charge is -2.13. The Morgan fingerprint density at radius 3 is 2.33 bits per heavy atom. The van der Waals surface area contributed by atoms with Crippen molar-refractivity contribution in [1.29, 1.82) is 0 Å². The molecule has 1 saturated carbocycles. The van der Waals surface area contributed by atoms with Gasteiger partial charge in [0.2, 0.25) is 0 Å². The predicted octanol–water partition coefficient (Wildman–Crippen LogP) is 1.36. The van der Waals surface area contributed by atoms with Crippen molar-refractivity contribution in [3.05, 3.63) is 0 Å². The van der Waals surface area contributed by atoms with Crippen molar-refractivity contribution < 1.29 is 14.3 Å². The van der Waals surface area contributed by atoms with Crippen LogP contribution in [-0.2, 0) is 14.3 Å². The van der Waals surface area contributed by atoms with Crippen LogP contribution >= 0.6 is 11.8 Å². The Morgan fingerprint density at radius 1 is 1.42 bits per heavy atom. The summed E-state index contributed by atoms with van der Waals surface area (Å²) >= 11 is 1.23. The summed E-state index contributed by atoms with van der Waals surface area (Å²) in [6.07, 6.45) is 1.79. The molecule has 0 aliphatic heterocycles. The largest absolute Gasteiger partial charge is 0.458 e. The second-order valence-electron chi connectivity index (χ2n) is 3.06. The molecule has 0 N–H and O–H groups in total. The molecule has 1 rings (SSSR count). The van der Waals surface area contributed by atoms with E-state index in [2.05, 4.69) is 0 Å². The zero-order valence-electron chi connectivity index (χ0n) is 7.25. The average molecular weight is 188 g/mol. The first kappa shape index (κ1) is 9.58. The molecule has 1 aliphatic rings. The standard InChI is InChI=1S/C8H12O3S/c1-6(9)11-8(3-4-8)5-12-7(2)10/h3-5H2,1-2H3. The van der Waals surface area contributed by atoms with Gasteiger partial charge in [-0.05, 0) is 12.8 Å². The summed E-state index contributed by atoms with van der Waals surface area (Å²) in [6.45, 7) is 2.92. The van der Waals surface area contributed by atoms with E-state index >= 15 is 0 Å². The third kappa shape index (κ3) is 2.85. The monoisotopic (exact) mass is 188 g/mol. The number of carbonyl (C=O) groups is 2. The summed E-state index contributed by atoms with van der Waals surface area (Å²) in [5.74, 6) is 0.360. The maximum atomic E-state index is 10.6. The molecular formula is C8H12O3S. The maximum Gasteiger partial charge on any atom is 0.303 e. The van der Waals surface area contributed by atoms with Crippen molar-refractivity contribution >= 4 is 22.8 Å². The molecule has 0 aromatic rings. The number of esters is 1. The highest BCUT2D eigenvalue weighted by molar-refractivity contribution is 8.13. The molecule has 0 atom stereocenters. The topological polar surface area (TPSA) is 43.4 Å². The summed E-state index contributed by atoms with van der Waals surface area (Å²) in [7, 11) is 0. The van der Waals surface area contributed by atoms with E-state index in [1.165, 1.54) is 25.6 Å². The lowest BCUT2D eigenvalue weighted by atomic mass is 10.4. The van der Waals surface area contributed by atoms with Crippen LogP contribution in [0.5, 0.6) is 0 Å². The summed E-state index contributed by atoms with van der Waals surface area (Å²) in [6, 6.07) is 0. The SMILES string of the molecule is CC(=O)OC1(CSC(C)=O)CC1. The van der Waals surface area contributed by atoms with Crippen molar-refractivity contribution in [2.75, 3.05) is 5.75 Å². The number of ether oxygens (including phenoxy) is 1. The molecule has 68 valence electrons. The van der Waals surface area contributed by atoms with Crippen LogP contribution in [0.2, 0.25) is 0 Å². The molecule has 3 nitrogen and oxygen atoms in total. The molecule has 0 aromatic heterocycles. The van der Waals surface area contributed by atoms with Crippen LogP contribution in [0.1, 0.15) is 26.7 Å². The minimum Gasteiger partial charge on any atom is -0.458 e. The Bertz CT molecular complexity index is 208. The molecule has 0 heterocycles. The van der Waals surface area contributed by atoms with Gasteiger partial charge in [0.1, 0.15) is 5.60 Å². The molecular weight excluding hydrogens is 176 g/mol. The Hall–Kier alpha value is -0.510. The van der Waals surface area contributed by atoms with E-state index in [0.717, 1.165) is 12.8 Å². The van der Waals surface area contributed by atoms with E-state index in [1.807, 2.05) is 0 Å². The van der Waals surface area contributed by atoms with Crippen LogP contribution in [0.3, 0.4) is 0 Å². The molecule has 4 heteroatoms.